The van der Waals surface area contributed by atoms with E-state index < -0.39 is 30.0 Å². The fourth-order valence-electron chi connectivity index (χ4n) is 3.10. The van der Waals surface area contributed by atoms with E-state index in [0.29, 0.717) is 11.1 Å². The Morgan fingerprint density at radius 1 is 0.600 bits per heavy atom. The van der Waals surface area contributed by atoms with Crippen molar-refractivity contribution in [3.8, 4) is 5.75 Å². The number of phenolic OH excluding ortho intramolecular Hbond substituents is 1. The molecule has 0 atom stereocenters. The van der Waals surface area contributed by atoms with Crippen molar-refractivity contribution in [1.82, 2.24) is 0 Å². The molecule has 0 aromatic heterocycles. The van der Waals surface area contributed by atoms with Crippen molar-refractivity contribution in [2.75, 3.05) is 0 Å². The van der Waals surface area contributed by atoms with Crippen LogP contribution in [0.2, 0.25) is 0 Å². The van der Waals surface area contributed by atoms with Gasteiger partial charge >= 0.3 is 0 Å². The number of phenols is 1. The Morgan fingerprint density at radius 2 is 1.31 bits per heavy atom. The van der Waals surface area contributed by atoms with Gasteiger partial charge in [0.05, 0.1) is 10.6 Å². The first kappa shape index (κ1) is 24.1. The van der Waals surface area contributed by atoms with Crippen LogP contribution >= 0.6 is 0 Å². The molecule has 0 heterocycles. The van der Waals surface area contributed by atoms with Gasteiger partial charge in [0.15, 0.2) is 5.69 Å². The van der Waals surface area contributed by atoms with Crippen LogP contribution in [0.1, 0.15) is 0 Å². The van der Waals surface area contributed by atoms with Gasteiger partial charge in [-0.2, -0.15) is 21.9 Å². The van der Waals surface area contributed by atoms with Crippen LogP contribution in [0.5, 0.6) is 5.75 Å². The molecule has 0 fully saturated rings. The summed E-state index contributed by atoms with van der Waals surface area (Å²) in [6, 6.07) is 18.8. The molecule has 0 unspecified atom stereocenters. The number of fused-ring (bicyclic) bond motifs is 1. The standard InChI is InChI=1S/C22H16N4O7S2/c27-20-8-4-7-18(22(20)26-23-16-5-2-1-3-6-16)24-25-19-12-14-9-10-17(34(28,29)30)11-15(14)13-21(19)35(31,32)33/h1-13,27H,(H,28,29,30)(H,31,32,33). The maximum Gasteiger partial charge on any atom is 0.296 e. The predicted molar refractivity (Wildman–Crippen MR) is 126 cm³/mol. The first-order chi connectivity index (χ1) is 16.5. The zero-order chi connectivity index (χ0) is 25.2. The molecule has 3 N–H and O–H groups in total. The SMILES string of the molecule is O=S(=O)(O)c1ccc2cc(N=Nc3cccc(O)c3N=Nc3ccccc3)c(S(=O)(=O)O)cc2c1. The third-order valence-corrected chi connectivity index (χ3v) is 6.48. The van der Waals surface area contributed by atoms with Gasteiger partial charge in [0.2, 0.25) is 0 Å². The van der Waals surface area contributed by atoms with Crippen molar-refractivity contribution in [2.45, 2.75) is 9.79 Å². The third kappa shape index (κ3) is 5.55. The van der Waals surface area contributed by atoms with Crippen molar-refractivity contribution in [3.63, 3.8) is 0 Å². The maximum absolute atomic E-state index is 12.0. The highest BCUT2D eigenvalue weighted by Gasteiger charge is 2.19. The monoisotopic (exact) mass is 512 g/mol. The van der Waals surface area contributed by atoms with Gasteiger partial charge < -0.3 is 5.11 Å². The summed E-state index contributed by atoms with van der Waals surface area (Å²) in [7, 11) is -9.33. The summed E-state index contributed by atoms with van der Waals surface area (Å²) in [4.78, 5) is -1.09. The molecular formula is C22H16N4O7S2. The molecule has 0 aliphatic carbocycles. The molecule has 4 aromatic rings. The van der Waals surface area contributed by atoms with E-state index in [4.69, 9.17) is 0 Å². The van der Waals surface area contributed by atoms with Gasteiger partial charge in [0.25, 0.3) is 20.2 Å². The summed E-state index contributed by atoms with van der Waals surface area (Å²) in [5.74, 6) is -0.243. The van der Waals surface area contributed by atoms with E-state index in [1.54, 1.807) is 30.3 Å². The Kier molecular flexibility index (Phi) is 6.41. The van der Waals surface area contributed by atoms with Crippen LogP contribution in [0.3, 0.4) is 0 Å². The zero-order valence-electron chi connectivity index (χ0n) is 17.6. The number of rotatable bonds is 6. The molecule has 35 heavy (non-hydrogen) atoms. The van der Waals surface area contributed by atoms with Crippen molar-refractivity contribution >= 4 is 53.8 Å². The highest BCUT2D eigenvalue weighted by molar-refractivity contribution is 7.86. The summed E-state index contributed by atoms with van der Waals surface area (Å²) in [5.41, 5.74) is 0.305. The lowest BCUT2D eigenvalue weighted by atomic mass is 10.1. The Bertz CT molecular complexity index is 1700. The number of nitrogens with zero attached hydrogens (tertiary/aromatic N) is 4. The first-order valence-corrected chi connectivity index (χ1v) is 12.6. The fraction of sp³-hybridized carbons (Fsp3) is 0. The lowest BCUT2D eigenvalue weighted by Gasteiger charge is -2.07. The van der Waals surface area contributed by atoms with Crippen molar-refractivity contribution in [2.24, 2.45) is 20.5 Å². The molecule has 0 saturated carbocycles. The second-order valence-electron chi connectivity index (χ2n) is 7.16. The number of aromatic hydroxyl groups is 1. The van der Waals surface area contributed by atoms with Gasteiger partial charge in [0.1, 0.15) is 22.0 Å². The van der Waals surface area contributed by atoms with E-state index in [-0.39, 0.29) is 28.2 Å². The highest BCUT2D eigenvalue weighted by atomic mass is 32.2. The van der Waals surface area contributed by atoms with Gasteiger partial charge in [-0.1, -0.05) is 30.3 Å². The lowest BCUT2D eigenvalue weighted by molar-refractivity contribution is 0.476. The van der Waals surface area contributed by atoms with Crippen LogP contribution in [0.25, 0.3) is 10.8 Å². The summed E-state index contributed by atoms with van der Waals surface area (Å²) in [6.07, 6.45) is 0. The second kappa shape index (κ2) is 9.31. The quantitative estimate of drug-likeness (QED) is 0.213. The Labute approximate surface area is 199 Å². The lowest BCUT2D eigenvalue weighted by Crippen LogP contribution is -2.00. The Morgan fingerprint density at radius 3 is 2.00 bits per heavy atom. The molecule has 11 nitrogen and oxygen atoms in total. The molecule has 178 valence electrons. The number of benzene rings is 4. The highest BCUT2D eigenvalue weighted by Crippen LogP contribution is 2.39. The molecule has 0 amide bonds. The summed E-state index contributed by atoms with van der Waals surface area (Å²) in [5, 5.41) is 26.7. The minimum absolute atomic E-state index is 0.0212. The van der Waals surface area contributed by atoms with E-state index in [1.165, 1.54) is 30.3 Å². The van der Waals surface area contributed by atoms with Gasteiger partial charge in [-0.3, -0.25) is 9.11 Å². The Hall–Kier alpha value is -4.04. The molecule has 4 aromatic carbocycles. The summed E-state index contributed by atoms with van der Waals surface area (Å²) < 4.78 is 65.7. The van der Waals surface area contributed by atoms with Crippen LogP contribution < -0.4 is 0 Å². The largest absolute Gasteiger partial charge is 0.506 e. The second-order valence-corrected chi connectivity index (χ2v) is 9.97. The topological polar surface area (TPSA) is 178 Å². The number of azo groups is 2. The van der Waals surface area contributed by atoms with Crippen molar-refractivity contribution in [3.05, 3.63) is 78.9 Å². The molecule has 0 radical (unpaired) electrons. The third-order valence-electron chi connectivity index (χ3n) is 4.75. The van der Waals surface area contributed by atoms with E-state index in [0.717, 1.165) is 18.2 Å². The Balaban J connectivity index is 1.81. The van der Waals surface area contributed by atoms with Crippen molar-refractivity contribution in [1.29, 1.82) is 0 Å². The van der Waals surface area contributed by atoms with E-state index >= 15 is 0 Å². The smallest absolute Gasteiger partial charge is 0.296 e. The van der Waals surface area contributed by atoms with Crippen LogP contribution in [0.15, 0.2) is 109 Å². The zero-order valence-corrected chi connectivity index (χ0v) is 19.2. The fourth-order valence-corrected chi connectivity index (χ4v) is 4.26. The van der Waals surface area contributed by atoms with Crippen LogP contribution in [0.4, 0.5) is 22.7 Å². The average Bonchev–Trinajstić information content (AvgIpc) is 2.80. The first-order valence-electron chi connectivity index (χ1n) is 9.76. The molecule has 0 bridgehead atoms. The molecule has 13 heteroatoms. The van der Waals surface area contributed by atoms with E-state index in [1.807, 2.05) is 0 Å². The van der Waals surface area contributed by atoms with Crippen molar-refractivity contribution < 1.29 is 31.0 Å². The minimum atomic E-state index is -4.80. The number of hydrogen-bond donors (Lipinski definition) is 3. The van der Waals surface area contributed by atoms with Crippen LogP contribution in [0, 0.1) is 0 Å². The van der Waals surface area contributed by atoms with Gasteiger partial charge in [-0.25, -0.2) is 0 Å². The maximum atomic E-state index is 12.0. The average molecular weight is 513 g/mol. The van der Waals surface area contributed by atoms with E-state index in [2.05, 4.69) is 20.5 Å². The normalized spacial score (nSPS) is 12.6. The predicted octanol–water partition coefficient (Wildman–Crippen LogP) is 5.87. The molecule has 0 aliphatic heterocycles. The van der Waals surface area contributed by atoms with Gasteiger partial charge in [-0.15, -0.1) is 15.3 Å². The summed E-state index contributed by atoms with van der Waals surface area (Å²) in [6.45, 7) is 0. The molecular weight excluding hydrogens is 496 g/mol. The van der Waals surface area contributed by atoms with Crippen LogP contribution in [-0.4, -0.2) is 31.0 Å². The van der Waals surface area contributed by atoms with Gasteiger partial charge in [-0.05, 0) is 59.3 Å². The van der Waals surface area contributed by atoms with Crippen LogP contribution in [-0.2, 0) is 20.2 Å². The molecule has 4 rings (SSSR count). The summed E-state index contributed by atoms with van der Waals surface area (Å²) >= 11 is 0. The molecule has 0 saturated heterocycles. The van der Waals surface area contributed by atoms with Gasteiger partial charge in [0, 0.05) is 0 Å². The number of hydrogen-bond acceptors (Lipinski definition) is 9. The van der Waals surface area contributed by atoms with E-state index in [9.17, 15) is 31.0 Å². The molecule has 0 aliphatic rings. The minimum Gasteiger partial charge on any atom is -0.506 e. The molecule has 0 spiro atoms.